The summed E-state index contributed by atoms with van der Waals surface area (Å²) in [6.45, 7) is 2.93. The molecule has 0 heterocycles. The predicted octanol–water partition coefficient (Wildman–Crippen LogP) is 2.20. The van der Waals surface area contributed by atoms with Gasteiger partial charge in [0.15, 0.2) is 0 Å². The number of amides is 1. The van der Waals surface area contributed by atoms with Crippen LogP contribution in [-0.2, 0) is 11.2 Å². The van der Waals surface area contributed by atoms with Crippen LogP contribution in [0.3, 0.4) is 0 Å². The fourth-order valence-electron chi connectivity index (χ4n) is 1.71. The first-order chi connectivity index (χ1) is 8.71. The molecule has 4 heteroatoms. The number of ether oxygens (including phenoxy) is 1. The van der Waals surface area contributed by atoms with Crippen LogP contribution in [0.4, 0.5) is 5.69 Å². The fourth-order valence-corrected chi connectivity index (χ4v) is 1.71. The van der Waals surface area contributed by atoms with Crippen molar-refractivity contribution in [3.8, 4) is 5.75 Å². The molecule has 0 aromatic heterocycles. The first kappa shape index (κ1) is 14.5. The topological polar surface area (TPSA) is 50.4 Å². The first-order valence-corrected chi connectivity index (χ1v) is 6.32. The smallest absolute Gasteiger partial charge is 0.224 e. The number of hydrogen-bond acceptors (Lipinski definition) is 3. The van der Waals surface area contributed by atoms with E-state index in [1.807, 2.05) is 25.2 Å². The summed E-state index contributed by atoms with van der Waals surface area (Å²) >= 11 is 0. The van der Waals surface area contributed by atoms with Gasteiger partial charge in [-0.05, 0) is 44.1 Å². The van der Waals surface area contributed by atoms with E-state index in [1.54, 1.807) is 7.11 Å². The molecule has 1 aromatic carbocycles. The van der Waals surface area contributed by atoms with Crippen molar-refractivity contribution >= 4 is 11.6 Å². The molecule has 0 aliphatic rings. The fraction of sp³-hybridized carbons (Fsp3) is 0.500. The van der Waals surface area contributed by atoms with Gasteiger partial charge in [-0.15, -0.1) is 0 Å². The maximum absolute atomic E-state index is 11.8. The molecule has 18 heavy (non-hydrogen) atoms. The van der Waals surface area contributed by atoms with Crippen molar-refractivity contribution in [3.63, 3.8) is 0 Å². The second kappa shape index (κ2) is 7.71. The standard InChI is InChI=1S/C14H22N2O2/c1-4-11-7-8-13(18-3)12(10-11)16-14(17)6-5-9-15-2/h7-8,10,15H,4-6,9H2,1-3H3,(H,16,17). The lowest BCUT2D eigenvalue weighted by atomic mass is 10.1. The molecule has 0 spiro atoms. The van der Waals surface area contributed by atoms with Gasteiger partial charge in [0.2, 0.25) is 5.91 Å². The molecule has 0 saturated carbocycles. The second-order valence-electron chi connectivity index (χ2n) is 4.14. The third kappa shape index (κ3) is 4.37. The third-order valence-corrected chi connectivity index (χ3v) is 2.78. The maximum atomic E-state index is 11.8. The number of carbonyl (C=O) groups is 1. The molecule has 0 unspecified atom stereocenters. The van der Waals surface area contributed by atoms with Crippen molar-refractivity contribution in [2.75, 3.05) is 26.0 Å². The van der Waals surface area contributed by atoms with Gasteiger partial charge in [0.05, 0.1) is 12.8 Å². The average molecular weight is 250 g/mol. The Morgan fingerprint density at radius 1 is 1.39 bits per heavy atom. The third-order valence-electron chi connectivity index (χ3n) is 2.78. The average Bonchev–Trinajstić information content (AvgIpc) is 2.39. The lowest BCUT2D eigenvalue weighted by Gasteiger charge is -2.11. The molecule has 1 rings (SSSR count). The Hall–Kier alpha value is -1.55. The number of anilines is 1. The number of methoxy groups -OCH3 is 1. The SMILES string of the molecule is CCc1ccc(OC)c(NC(=O)CCCNC)c1. The molecule has 0 saturated heterocycles. The predicted molar refractivity (Wildman–Crippen MR) is 74.2 cm³/mol. The van der Waals surface area contributed by atoms with Crippen molar-refractivity contribution in [2.45, 2.75) is 26.2 Å². The Balaban J connectivity index is 2.66. The molecule has 0 aliphatic heterocycles. The quantitative estimate of drug-likeness (QED) is 0.729. The van der Waals surface area contributed by atoms with Crippen LogP contribution in [0.2, 0.25) is 0 Å². The van der Waals surface area contributed by atoms with Crippen molar-refractivity contribution in [1.29, 1.82) is 0 Å². The minimum atomic E-state index is 0.0248. The van der Waals surface area contributed by atoms with Crippen molar-refractivity contribution < 1.29 is 9.53 Å². The monoisotopic (exact) mass is 250 g/mol. The van der Waals surface area contributed by atoms with Gasteiger partial charge in [-0.2, -0.15) is 0 Å². The van der Waals surface area contributed by atoms with Crippen LogP contribution in [-0.4, -0.2) is 26.6 Å². The largest absolute Gasteiger partial charge is 0.495 e. The second-order valence-corrected chi connectivity index (χ2v) is 4.14. The van der Waals surface area contributed by atoms with Gasteiger partial charge in [-0.3, -0.25) is 4.79 Å². The molecular weight excluding hydrogens is 228 g/mol. The molecule has 2 N–H and O–H groups in total. The van der Waals surface area contributed by atoms with E-state index in [2.05, 4.69) is 17.6 Å². The summed E-state index contributed by atoms with van der Waals surface area (Å²) in [5.74, 6) is 0.728. The molecule has 0 radical (unpaired) electrons. The van der Waals surface area contributed by atoms with Gasteiger partial charge >= 0.3 is 0 Å². The zero-order chi connectivity index (χ0) is 13.4. The van der Waals surface area contributed by atoms with Gasteiger partial charge < -0.3 is 15.4 Å². The normalized spacial score (nSPS) is 10.2. The highest BCUT2D eigenvalue weighted by Gasteiger charge is 2.07. The summed E-state index contributed by atoms with van der Waals surface area (Å²) < 4.78 is 5.24. The summed E-state index contributed by atoms with van der Waals surface area (Å²) in [4.78, 5) is 11.8. The Morgan fingerprint density at radius 2 is 2.17 bits per heavy atom. The molecule has 0 bridgehead atoms. The van der Waals surface area contributed by atoms with Gasteiger partial charge in [0.1, 0.15) is 5.75 Å². The lowest BCUT2D eigenvalue weighted by molar-refractivity contribution is -0.116. The Labute approximate surface area is 109 Å². The van der Waals surface area contributed by atoms with Crippen LogP contribution < -0.4 is 15.4 Å². The molecule has 100 valence electrons. The molecular formula is C14H22N2O2. The Kier molecular flexibility index (Phi) is 6.22. The van der Waals surface area contributed by atoms with Crippen LogP contribution in [0.15, 0.2) is 18.2 Å². The molecule has 0 fully saturated rings. The number of hydrogen-bond donors (Lipinski definition) is 2. The van der Waals surface area contributed by atoms with E-state index in [1.165, 1.54) is 5.56 Å². The zero-order valence-corrected chi connectivity index (χ0v) is 11.4. The van der Waals surface area contributed by atoms with Gasteiger partial charge in [0, 0.05) is 6.42 Å². The number of nitrogens with one attached hydrogen (secondary N) is 2. The van der Waals surface area contributed by atoms with E-state index in [0.29, 0.717) is 12.2 Å². The molecule has 0 atom stereocenters. The van der Waals surface area contributed by atoms with Gasteiger partial charge in [-0.25, -0.2) is 0 Å². The molecule has 1 amide bonds. The Morgan fingerprint density at radius 3 is 2.78 bits per heavy atom. The summed E-state index contributed by atoms with van der Waals surface area (Å²) in [5.41, 5.74) is 1.94. The summed E-state index contributed by atoms with van der Waals surface area (Å²) in [6.07, 6.45) is 2.28. The van der Waals surface area contributed by atoms with Crippen LogP contribution in [0.1, 0.15) is 25.3 Å². The summed E-state index contributed by atoms with van der Waals surface area (Å²) in [5, 5.41) is 5.93. The molecule has 4 nitrogen and oxygen atoms in total. The first-order valence-electron chi connectivity index (χ1n) is 6.32. The van der Waals surface area contributed by atoms with Crippen molar-refractivity contribution in [2.24, 2.45) is 0 Å². The minimum Gasteiger partial charge on any atom is -0.495 e. The highest BCUT2D eigenvalue weighted by atomic mass is 16.5. The van der Waals surface area contributed by atoms with E-state index in [0.717, 1.165) is 25.1 Å². The van der Waals surface area contributed by atoms with E-state index in [-0.39, 0.29) is 5.91 Å². The minimum absolute atomic E-state index is 0.0248. The van der Waals surface area contributed by atoms with Crippen LogP contribution in [0.25, 0.3) is 0 Å². The van der Waals surface area contributed by atoms with Gasteiger partial charge in [-0.1, -0.05) is 13.0 Å². The maximum Gasteiger partial charge on any atom is 0.224 e. The van der Waals surface area contributed by atoms with Crippen LogP contribution >= 0.6 is 0 Å². The van der Waals surface area contributed by atoms with E-state index >= 15 is 0 Å². The summed E-state index contributed by atoms with van der Waals surface area (Å²) in [6, 6.07) is 5.87. The number of aryl methyl sites for hydroxylation is 1. The van der Waals surface area contributed by atoms with E-state index in [4.69, 9.17) is 4.74 Å². The number of carbonyl (C=O) groups excluding carboxylic acids is 1. The van der Waals surface area contributed by atoms with Crippen molar-refractivity contribution in [3.05, 3.63) is 23.8 Å². The van der Waals surface area contributed by atoms with Crippen LogP contribution in [0, 0.1) is 0 Å². The van der Waals surface area contributed by atoms with E-state index in [9.17, 15) is 4.79 Å². The molecule has 0 aliphatic carbocycles. The molecule has 1 aromatic rings. The number of rotatable bonds is 7. The lowest BCUT2D eigenvalue weighted by Crippen LogP contribution is -2.15. The highest BCUT2D eigenvalue weighted by molar-refractivity contribution is 5.92. The van der Waals surface area contributed by atoms with E-state index < -0.39 is 0 Å². The Bertz CT molecular complexity index is 391. The van der Waals surface area contributed by atoms with Crippen molar-refractivity contribution in [1.82, 2.24) is 5.32 Å². The van der Waals surface area contributed by atoms with Gasteiger partial charge in [0.25, 0.3) is 0 Å². The van der Waals surface area contributed by atoms with Crippen LogP contribution in [0.5, 0.6) is 5.75 Å². The highest BCUT2D eigenvalue weighted by Crippen LogP contribution is 2.25. The zero-order valence-electron chi connectivity index (χ0n) is 11.4. The summed E-state index contributed by atoms with van der Waals surface area (Å²) in [7, 11) is 3.49. The number of benzene rings is 1.